The van der Waals surface area contributed by atoms with Crippen molar-refractivity contribution in [3.63, 3.8) is 0 Å². The van der Waals surface area contributed by atoms with E-state index in [-0.39, 0.29) is 28.0 Å². The first-order valence-electron chi connectivity index (χ1n) is 6.93. The van der Waals surface area contributed by atoms with E-state index < -0.39 is 29.2 Å². The predicted molar refractivity (Wildman–Crippen MR) is 97.9 cm³/mol. The second-order valence-electron chi connectivity index (χ2n) is 4.61. The third-order valence-electron chi connectivity index (χ3n) is 2.93. The summed E-state index contributed by atoms with van der Waals surface area (Å²) in [6, 6.07) is 5.37. The number of carboxylic acids is 1. The molecule has 10 heteroatoms. The van der Waals surface area contributed by atoms with Crippen molar-refractivity contribution in [2.45, 2.75) is 6.92 Å². The summed E-state index contributed by atoms with van der Waals surface area (Å²) in [5, 5.41) is 45.4. The molecule has 0 saturated heterocycles. The van der Waals surface area contributed by atoms with Crippen LogP contribution in [0.15, 0.2) is 33.2 Å². The van der Waals surface area contributed by atoms with Crippen molar-refractivity contribution in [2.75, 3.05) is 6.61 Å². The Kier molecular flexibility index (Phi) is 7.72. The van der Waals surface area contributed by atoms with Gasteiger partial charge in [-0.15, -0.1) is 0 Å². The lowest BCUT2D eigenvalue weighted by Gasteiger charge is -2.06. The van der Waals surface area contributed by atoms with Gasteiger partial charge in [0.05, 0.1) is 15.6 Å². The number of halogens is 2. The lowest BCUT2D eigenvalue weighted by molar-refractivity contribution is 0.0521. The highest BCUT2D eigenvalue weighted by Crippen LogP contribution is 2.36. The molecule has 0 heterocycles. The number of phenolic OH excluding ortho intramolecular Hbond substituents is 3. The van der Waals surface area contributed by atoms with E-state index in [0.717, 1.165) is 0 Å². The molecule has 8 nitrogen and oxygen atoms in total. The number of carbonyl (C=O) groups excluding carboxylic acids is 1. The standard InChI is InChI=1S/C9H9BrO4.C7H5BrO4/c1-2-14-9(13)5-3-4-6(10)8(12)7(5)11;8-4-2-1-3(7(11)12)5(9)6(4)10/h3-4,11-12H,2H2,1H3;1-2,9-10H,(H,11,12). The Bertz CT molecular complexity index is 835. The van der Waals surface area contributed by atoms with Crippen LogP contribution in [0.5, 0.6) is 23.0 Å². The van der Waals surface area contributed by atoms with Gasteiger partial charge in [-0.3, -0.25) is 0 Å². The first kappa shape index (κ1) is 21.6. The monoisotopic (exact) mass is 492 g/mol. The van der Waals surface area contributed by atoms with Crippen molar-refractivity contribution in [2.24, 2.45) is 0 Å². The summed E-state index contributed by atoms with van der Waals surface area (Å²) >= 11 is 5.93. The van der Waals surface area contributed by atoms with E-state index >= 15 is 0 Å². The number of hydrogen-bond donors (Lipinski definition) is 5. The van der Waals surface area contributed by atoms with E-state index in [4.69, 9.17) is 15.3 Å². The molecule has 2 rings (SSSR count). The van der Waals surface area contributed by atoms with Crippen LogP contribution >= 0.6 is 31.9 Å². The number of ether oxygens (including phenoxy) is 1. The van der Waals surface area contributed by atoms with Gasteiger partial charge in [0.25, 0.3) is 0 Å². The van der Waals surface area contributed by atoms with Gasteiger partial charge in [0, 0.05) is 0 Å². The fourth-order valence-corrected chi connectivity index (χ4v) is 2.30. The Hall–Kier alpha value is -2.46. The second-order valence-corrected chi connectivity index (χ2v) is 6.32. The van der Waals surface area contributed by atoms with Crippen LogP contribution in [0.3, 0.4) is 0 Å². The lowest BCUT2D eigenvalue weighted by Crippen LogP contribution is -2.04. The first-order valence-corrected chi connectivity index (χ1v) is 8.51. The topological polar surface area (TPSA) is 145 Å². The summed E-state index contributed by atoms with van der Waals surface area (Å²) in [6.45, 7) is 1.88. The van der Waals surface area contributed by atoms with Crippen molar-refractivity contribution < 1.29 is 39.9 Å². The second kappa shape index (κ2) is 9.30. The fraction of sp³-hybridized carbons (Fsp3) is 0.125. The van der Waals surface area contributed by atoms with E-state index in [1.165, 1.54) is 24.3 Å². The smallest absolute Gasteiger partial charge is 0.342 e. The molecule has 0 spiro atoms. The molecule has 0 aliphatic rings. The van der Waals surface area contributed by atoms with Crippen LogP contribution in [-0.4, -0.2) is 44.1 Å². The summed E-state index contributed by atoms with van der Waals surface area (Å²) in [5.41, 5.74) is -0.372. The van der Waals surface area contributed by atoms with Crippen LogP contribution in [0.25, 0.3) is 0 Å². The zero-order valence-corrected chi connectivity index (χ0v) is 16.4. The molecule has 0 aliphatic carbocycles. The number of aromatic carboxylic acids is 1. The average molecular weight is 494 g/mol. The van der Waals surface area contributed by atoms with Crippen LogP contribution in [0.2, 0.25) is 0 Å². The van der Waals surface area contributed by atoms with Crippen LogP contribution in [-0.2, 0) is 4.74 Å². The predicted octanol–water partition coefficient (Wildman–Crippen LogP) is 3.60. The Labute approximate surface area is 164 Å². The minimum atomic E-state index is -1.28. The van der Waals surface area contributed by atoms with Crippen molar-refractivity contribution in [3.05, 3.63) is 44.3 Å². The number of carbonyl (C=O) groups is 2. The molecule has 0 aromatic heterocycles. The van der Waals surface area contributed by atoms with Gasteiger partial charge in [0.15, 0.2) is 23.0 Å². The molecule has 140 valence electrons. The highest BCUT2D eigenvalue weighted by Gasteiger charge is 2.17. The molecular weight excluding hydrogens is 480 g/mol. The third kappa shape index (κ3) is 5.02. The summed E-state index contributed by atoms with van der Waals surface area (Å²) < 4.78 is 5.26. The Morgan fingerprint density at radius 3 is 1.69 bits per heavy atom. The van der Waals surface area contributed by atoms with E-state index in [2.05, 4.69) is 36.6 Å². The van der Waals surface area contributed by atoms with Gasteiger partial charge in [0.2, 0.25) is 0 Å². The lowest BCUT2D eigenvalue weighted by atomic mass is 10.2. The molecule has 0 radical (unpaired) electrons. The molecular formula is C16H14Br2O8. The number of hydrogen-bond acceptors (Lipinski definition) is 7. The zero-order chi connectivity index (χ0) is 20.0. The van der Waals surface area contributed by atoms with Crippen LogP contribution in [0.4, 0.5) is 0 Å². The fourth-order valence-electron chi connectivity index (χ4n) is 1.66. The molecule has 2 aromatic rings. The third-order valence-corrected chi connectivity index (χ3v) is 4.21. The van der Waals surface area contributed by atoms with Gasteiger partial charge in [-0.2, -0.15) is 0 Å². The highest BCUT2D eigenvalue weighted by atomic mass is 79.9. The van der Waals surface area contributed by atoms with Gasteiger partial charge in [0.1, 0.15) is 11.1 Å². The summed E-state index contributed by atoms with van der Waals surface area (Å²) in [6.07, 6.45) is 0. The maximum Gasteiger partial charge on any atom is 0.342 e. The maximum atomic E-state index is 11.2. The Balaban J connectivity index is 0.000000263. The van der Waals surface area contributed by atoms with E-state index in [9.17, 15) is 19.8 Å². The van der Waals surface area contributed by atoms with Gasteiger partial charge < -0.3 is 30.3 Å². The van der Waals surface area contributed by atoms with Crippen molar-refractivity contribution in [3.8, 4) is 23.0 Å². The molecule has 5 N–H and O–H groups in total. The van der Waals surface area contributed by atoms with Crippen LogP contribution < -0.4 is 0 Å². The number of phenols is 4. The number of rotatable bonds is 3. The molecule has 0 fully saturated rings. The molecule has 0 amide bonds. The molecule has 2 aromatic carbocycles. The minimum absolute atomic E-state index is 0.0486. The molecule has 0 aliphatic heterocycles. The summed E-state index contributed by atoms with van der Waals surface area (Å²) in [4.78, 5) is 21.6. The zero-order valence-electron chi connectivity index (χ0n) is 13.2. The van der Waals surface area contributed by atoms with Crippen molar-refractivity contribution >= 4 is 43.8 Å². The van der Waals surface area contributed by atoms with Gasteiger partial charge in [-0.1, -0.05) is 0 Å². The summed E-state index contributed by atoms with van der Waals surface area (Å²) in [7, 11) is 0. The van der Waals surface area contributed by atoms with Crippen molar-refractivity contribution in [1.82, 2.24) is 0 Å². The minimum Gasteiger partial charge on any atom is -0.504 e. The molecule has 0 bridgehead atoms. The van der Waals surface area contributed by atoms with Crippen LogP contribution in [0.1, 0.15) is 27.6 Å². The summed E-state index contributed by atoms with van der Waals surface area (Å²) in [5.74, 6) is -3.87. The Morgan fingerprint density at radius 1 is 0.846 bits per heavy atom. The molecule has 26 heavy (non-hydrogen) atoms. The van der Waals surface area contributed by atoms with E-state index in [1.54, 1.807) is 6.92 Å². The van der Waals surface area contributed by atoms with Crippen LogP contribution in [0, 0.1) is 0 Å². The molecule has 0 saturated carbocycles. The average Bonchev–Trinajstić information content (AvgIpc) is 2.58. The molecule has 0 unspecified atom stereocenters. The van der Waals surface area contributed by atoms with E-state index in [1.807, 2.05) is 0 Å². The first-order chi connectivity index (χ1) is 12.1. The number of carboxylic acid groups (broad SMARTS) is 1. The number of aromatic hydroxyl groups is 4. The molecule has 0 atom stereocenters. The SMILES string of the molecule is CCOC(=O)c1ccc(Br)c(O)c1O.O=C(O)c1ccc(Br)c(O)c1O. The highest BCUT2D eigenvalue weighted by molar-refractivity contribution is 9.10. The van der Waals surface area contributed by atoms with E-state index in [0.29, 0.717) is 4.47 Å². The van der Waals surface area contributed by atoms with Gasteiger partial charge >= 0.3 is 11.9 Å². The quantitative estimate of drug-likeness (QED) is 0.322. The number of esters is 1. The Morgan fingerprint density at radius 2 is 1.27 bits per heavy atom. The maximum absolute atomic E-state index is 11.2. The largest absolute Gasteiger partial charge is 0.504 e. The normalized spacial score (nSPS) is 9.81. The van der Waals surface area contributed by atoms with Gasteiger partial charge in [-0.05, 0) is 63.0 Å². The number of benzene rings is 2. The van der Waals surface area contributed by atoms with Crippen molar-refractivity contribution in [1.29, 1.82) is 0 Å². The van der Waals surface area contributed by atoms with Gasteiger partial charge in [-0.25, -0.2) is 9.59 Å².